The van der Waals surface area contributed by atoms with Crippen LogP contribution < -0.4 is 0 Å². The van der Waals surface area contributed by atoms with Gasteiger partial charge in [0.2, 0.25) is 0 Å². The lowest BCUT2D eigenvalue weighted by atomic mass is 9.75. The number of hydrogen-bond acceptors (Lipinski definition) is 4. The lowest BCUT2D eigenvalue weighted by molar-refractivity contribution is -0.159. The molecule has 0 bridgehead atoms. The fraction of sp³-hybridized carbons (Fsp3) is 0.579. The molecular formula is C19H24ClFO4. The minimum absolute atomic E-state index is 0.0159. The maximum Gasteiger partial charge on any atom is 0.344 e. The van der Waals surface area contributed by atoms with E-state index in [2.05, 4.69) is 20.8 Å². The molecule has 1 saturated carbocycles. The quantitative estimate of drug-likeness (QED) is 0.708. The highest BCUT2D eigenvalue weighted by Crippen LogP contribution is 2.35. The van der Waals surface area contributed by atoms with Gasteiger partial charge in [-0.1, -0.05) is 38.8 Å². The van der Waals surface area contributed by atoms with Gasteiger partial charge in [0, 0.05) is 0 Å². The zero-order chi connectivity index (χ0) is 18.6. The summed E-state index contributed by atoms with van der Waals surface area (Å²) in [5.74, 6) is -0.649. The van der Waals surface area contributed by atoms with Crippen LogP contribution in [0.2, 0.25) is 5.02 Å². The van der Waals surface area contributed by atoms with Crippen LogP contribution in [0, 0.1) is 23.6 Å². The van der Waals surface area contributed by atoms with Crippen molar-refractivity contribution in [2.75, 3.05) is 6.61 Å². The van der Waals surface area contributed by atoms with E-state index in [1.54, 1.807) is 0 Å². The predicted octanol–water partition coefficient (Wildman–Crippen LogP) is 4.64. The van der Waals surface area contributed by atoms with E-state index in [-0.39, 0.29) is 16.7 Å². The van der Waals surface area contributed by atoms with Gasteiger partial charge in [0.25, 0.3) is 0 Å². The van der Waals surface area contributed by atoms with Crippen molar-refractivity contribution in [3.63, 3.8) is 0 Å². The van der Waals surface area contributed by atoms with Crippen LogP contribution in [0.25, 0.3) is 0 Å². The Morgan fingerprint density at radius 1 is 1.32 bits per heavy atom. The number of ether oxygens (including phenoxy) is 2. The Kier molecular flexibility index (Phi) is 6.82. The first-order valence-corrected chi connectivity index (χ1v) is 8.97. The molecule has 0 amide bonds. The molecule has 0 aliphatic heterocycles. The van der Waals surface area contributed by atoms with Gasteiger partial charge in [0.1, 0.15) is 11.9 Å². The lowest BCUT2D eigenvalue weighted by Gasteiger charge is -2.36. The number of esters is 2. The van der Waals surface area contributed by atoms with Crippen LogP contribution in [0.3, 0.4) is 0 Å². The molecule has 4 nitrogen and oxygen atoms in total. The summed E-state index contributed by atoms with van der Waals surface area (Å²) < 4.78 is 23.5. The molecule has 1 aromatic rings. The fourth-order valence-electron chi connectivity index (χ4n) is 3.31. The van der Waals surface area contributed by atoms with Crippen LogP contribution in [-0.4, -0.2) is 24.6 Å². The third-order valence-corrected chi connectivity index (χ3v) is 5.03. The molecule has 6 heteroatoms. The summed E-state index contributed by atoms with van der Waals surface area (Å²) in [7, 11) is 0. The second-order valence-corrected chi connectivity index (χ2v) is 7.46. The van der Waals surface area contributed by atoms with Crippen molar-refractivity contribution in [3.05, 3.63) is 34.6 Å². The average molecular weight is 371 g/mol. The van der Waals surface area contributed by atoms with Gasteiger partial charge >= 0.3 is 11.9 Å². The smallest absolute Gasteiger partial charge is 0.344 e. The van der Waals surface area contributed by atoms with E-state index in [9.17, 15) is 14.0 Å². The molecule has 1 aliphatic rings. The number of carbonyl (C=O) groups excluding carboxylic acids is 2. The monoisotopic (exact) mass is 370 g/mol. The molecular weight excluding hydrogens is 347 g/mol. The largest absolute Gasteiger partial charge is 0.460 e. The molecule has 0 radical (unpaired) electrons. The summed E-state index contributed by atoms with van der Waals surface area (Å²) in [6.07, 6.45) is 2.84. The number of benzene rings is 1. The summed E-state index contributed by atoms with van der Waals surface area (Å²) >= 11 is 5.81. The minimum Gasteiger partial charge on any atom is -0.460 e. The lowest BCUT2D eigenvalue weighted by Crippen LogP contribution is -2.36. The summed E-state index contributed by atoms with van der Waals surface area (Å²) in [5, 5.41) is -0.0562. The highest BCUT2D eigenvalue weighted by Gasteiger charge is 2.33. The Bertz CT molecular complexity index is 632. The molecule has 0 N–H and O–H groups in total. The van der Waals surface area contributed by atoms with Crippen LogP contribution in [0.1, 0.15) is 50.4 Å². The van der Waals surface area contributed by atoms with Crippen molar-refractivity contribution in [1.29, 1.82) is 0 Å². The highest BCUT2D eigenvalue weighted by molar-refractivity contribution is 6.33. The number of hydrogen-bond donors (Lipinski definition) is 0. The fourth-order valence-corrected chi connectivity index (χ4v) is 3.55. The Hall–Kier alpha value is -1.62. The van der Waals surface area contributed by atoms with Gasteiger partial charge in [0.15, 0.2) is 6.61 Å². The molecule has 0 heterocycles. The molecule has 1 aliphatic carbocycles. The van der Waals surface area contributed by atoms with Gasteiger partial charge < -0.3 is 9.47 Å². The molecule has 25 heavy (non-hydrogen) atoms. The average Bonchev–Trinajstić information content (AvgIpc) is 2.52. The molecule has 3 atom stereocenters. The normalized spacial score (nSPS) is 23.4. The van der Waals surface area contributed by atoms with Crippen molar-refractivity contribution < 1.29 is 23.5 Å². The molecule has 0 unspecified atom stereocenters. The van der Waals surface area contributed by atoms with Crippen LogP contribution in [-0.2, 0) is 14.3 Å². The van der Waals surface area contributed by atoms with Crippen molar-refractivity contribution in [1.82, 2.24) is 0 Å². The zero-order valence-electron chi connectivity index (χ0n) is 14.8. The predicted molar refractivity (Wildman–Crippen MR) is 92.9 cm³/mol. The number of carbonyl (C=O) groups is 2. The van der Waals surface area contributed by atoms with Crippen molar-refractivity contribution in [2.24, 2.45) is 17.8 Å². The third kappa shape index (κ3) is 5.43. The molecule has 2 rings (SSSR count). The van der Waals surface area contributed by atoms with E-state index in [1.165, 1.54) is 6.07 Å². The van der Waals surface area contributed by atoms with Crippen molar-refractivity contribution >= 4 is 23.5 Å². The molecule has 1 fully saturated rings. The first kappa shape index (κ1) is 19.7. The third-order valence-electron chi connectivity index (χ3n) is 4.72. The van der Waals surface area contributed by atoms with E-state index in [1.807, 2.05) is 0 Å². The highest BCUT2D eigenvalue weighted by atomic mass is 35.5. The van der Waals surface area contributed by atoms with Crippen LogP contribution >= 0.6 is 11.6 Å². The second kappa shape index (κ2) is 8.65. The van der Waals surface area contributed by atoms with E-state index in [0.29, 0.717) is 17.8 Å². The first-order chi connectivity index (χ1) is 11.8. The molecule has 0 aromatic heterocycles. The second-order valence-electron chi connectivity index (χ2n) is 7.05. The van der Waals surface area contributed by atoms with Crippen molar-refractivity contribution in [3.8, 4) is 0 Å². The van der Waals surface area contributed by atoms with Gasteiger partial charge in [-0.15, -0.1) is 0 Å². The molecule has 0 spiro atoms. The van der Waals surface area contributed by atoms with Crippen LogP contribution in [0.5, 0.6) is 0 Å². The van der Waals surface area contributed by atoms with E-state index in [0.717, 1.165) is 31.4 Å². The van der Waals surface area contributed by atoms with Gasteiger partial charge in [-0.25, -0.2) is 14.0 Å². The van der Waals surface area contributed by atoms with E-state index >= 15 is 0 Å². The summed E-state index contributed by atoms with van der Waals surface area (Å²) in [5.41, 5.74) is 0.0159. The molecule has 1 aromatic carbocycles. The Labute approximate surface area is 152 Å². The van der Waals surface area contributed by atoms with Gasteiger partial charge in [-0.2, -0.15) is 0 Å². The molecule has 0 saturated heterocycles. The van der Waals surface area contributed by atoms with Crippen LogP contribution in [0.4, 0.5) is 4.39 Å². The maximum atomic E-state index is 13.0. The van der Waals surface area contributed by atoms with Crippen LogP contribution in [0.15, 0.2) is 18.2 Å². The first-order valence-electron chi connectivity index (χ1n) is 8.59. The summed E-state index contributed by atoms with van der Waals surface area (Å²) in [4.78, 5) is 24.0. The van der Waals surface area contributed by atoms with Gasteiger partial charge in [-0.3, -0.25) is 0 Å². The minimum atomic E-state index is -0.778. The van der Waals surface area contributed by atoms with Crippen molar-refractivity contribution in [2.45, 2.75) is 46.1 Å². The Morgan fingerprint density at radius 2 is 2.04 bits per heavy atom. The number of rotatable bonds is 5. The Morgan fingerprint density at radius 3 is 2.68 bits per heavy atom. The van der Waals surface area contributed by atoms with E-state index in [4.69, 9.17) is 21.1 Å². The zero-order valence-corrected chi connectivity index (χ0v) is 15.5. The maximum absolute atomic E-state index is 13.0. The standard InChI is InChI=1S/C19H24ClFO4/c1-11(2)14-6-4-12(3)8-17(14)25-18(22)10-24-19(23)15-7-5-13(21)9-16(15)20/h5,7,9,11-12,14,17H,4,6,8,10H2,1-3H3/t12-,14-,17-/m1/s1. The van der Waals surface area contributed by atoms with Gasteiger partial charge in [-0.05, 0) is 48.8 Å². The topological polar surface area (TPSA) is 52.6 Å². The van der Waals surface area contributed by atoms with E-state index < -0.39 is 24.4 Å². The SMILES string of the molecule is CC(C)[C@H]1CC[C@@H](C)C[C@H]1OC(=O)COC(=O)c1ccc(F)cc1Cl. The summed E-state index contributed by atoms with van der Waals surface area (Å²) in [6, 6.07) is 3.35. The van der Waals surface area contributed by atoms with Gasteiger partial charge in [0.05, 0.1) is 10.6 Å². The number of halogens is 2. The summed E-state index contributed by atoms with van der Waals surface area (Å²) in [6.45, 7) is 5.91. The Balaban J connectivity index is 1.90. The molecule has 138 valence electrons.